The van der Waals surface area contributed by atoms with Crippen molar-refractivity contribution in [2.75, 3.05) is 6.54 Å². The summed E-state index contributed by atoms with van der Waals surface area (Å²) in [4.78, 5) is 17.0. The standard InChI is InChI=1S/C27H27Cl2N3O/c28-22-13-9-20(10-14-22)18-27(33)30-17-5-1-2-8-26-31-24-6-3-4-7-25(24)32(26)19-21-11-15-23(29)16-12-21/h3-4,6-7,9-16H,1-2,5,8,17-19H2,(H,30,33). The van der Waals surface area contributed by atoms with Gasteiger partial charge in [0.15, 0.2) is 0 Å². The number of aromatic nitrogens is 2. The molecule has 0 aliphatic carbocycles. The molecule has 0 spiro atoms. The van der Waals surface area contributed by atoms with Crippen LogP contribution in [-0.2, 0) is 24.2 Å². The van der Waals surface area contributed by atoms with Crippen LogP contribution in [0.5, 0.6) is 0 Å². The zero-order valence-electron chi connectivity index (χ0n) is 18.4. The average Bonchev–Trinajstić information content (AvgIpc) is 3.16. The van der Waals surface area contributed by atoms with E-state index in [1.54, 1.807) is 0 Å². The minimum atomic E-state index is 0.0436. The monoisotopic (exact) mass is 479 g/mol. The summed E-state index contributed by atoms with van der Waals surface area (Å²) in [5.74, 6) is 1.14. The van der Waals surface area contributed by atoms with Gasteiger partial charge in [-0.3, -0.25) is 4.79 Å². The van der Waals surface area contributed by atoms with Gasteiger partial charge in [-0.25, -0.2) is 4.98 Å². The Labute approximate surface area is 204 Å². The number of hydrogen-bond acceptors (Lipinski definition) is 2. The normalized spacial score (nSPS) is 11.1. The summed E-state index contributed by atoms with van der Waals surface area (Å²) in [6.07, 6.45) is 4.29. The molecule has 0 bridgehead atoms. The number of hydrogen-bond donors (Lipinski definition) is 1. The van der Waals surface area contributed by atoms with E-state index in [1.807, 2.05) is 42.5 Å². The summed E-state index contributed by atoms with van der Waals surface area (Å²) >= 11 is 11.9. The minimum Gasteiger partial charge on any atom is -0.356 e. The third-order valence-corrected chi connectivity index (χ3v) is 6.17. The second-order valence-corrected chi connectivity index (χ2v) is 9.07. The Bertz CT molecular complexity index is 1200. The number of para-hydroxylation sites is 2. The number of aryl methyl sites for hydroxylation is 1. The number of fused-ring (bicyclic) bond motifs is 1. The molecule has 0 atom stereocenters. The molecule has 0 saturated heterocycles. The fraction of sp³-hybridized carbons (Fsp3) is 0.259. The molecule has 33 heavy (non-hydrogen) atoms. The van der Waals surface area contributed by atoms with Crippen LogP contribution in [0.3, 0.4) is 0 Å². The quantitative estimate of drug-likeness (QED) is 0.265. The van der Waals surface area contributed by atoms with Crippen molar-refractivity contribution in [2.45, 2.75) is 38.6 Å². The number of benzene rings is 3. The molecule has 170 valence electrons. The Kier molecular flexibility index (Phi) is 8.03. The third-order valence-electron chi connectivity index (χ3n) is 5.66. The molecule has 0 aliphatic heterocycles. The van der Waals surface area contributed by atoms with E-state index < -0.39 is 0 Å². The topological polar surface area (TPSA) is 46.9 Å². The second-order valence-electron chi connectivity index (χ2n) is 8.19. The molecule has 4 aromatic rings. The lowest BCUT2D eigenvalue weighted by Crippen LogP contribution is -2.26. The number of carbonyl (C=O) groups is 1. The fourth-order valence-electron chi connectivity index (χ4n) is 3.93. The van der Waals surface area contributed by atoms with E-state index in [1.165, 1.54) is 5.56 Å². The molecular formula is C27H27Cl2N3O. The van der Waals surface area contributed by atoms with E-state index in [9.17, 15) is 4.79 Å². The summed E-state index contributed by atoms with van der Waals surface area (Å²) in [5, 5.41) is 4.44. The van der Waals surface area contributed by atoms with Gasteiger partial charge in [0.1, 0.15) is 5.82 Å². The Morgan fingerprint density at radius 3 is 2.21 bits per heavy atom. The molecule has 0 aliphatic rings. The Hall–Kier alpha value is -2.82. The largest absolute Gasteiger partial charge is 0.356 e. The van der Waals surface area contributed by atoms with Crippen molar-refractivity contribution in [2.24, 2.45) is 0 Å². The molecular weight excluding hydrogens is 453 g/mol. The SMILES string of the molecule is O=C(Cc1ccc(Cl)cc1)NCCCCCc1nc2ccccc2n1Cc1ccc(Cl)cc1. The maximum absolute atomic E-state index is 12.1. The number of nitrogens with zero attached hydrogens (tertiary/aromatic N) is 2. The number of halogens is 2. The number of unbranched alkanes of at least 4 members (excludes halogenated alkanes) is 2. The van der Waals surface area contributed by atoms with Gasteiger partial charge < -0.3 is 9.88 Å². The van der Waals surface area contributed by atoms with E-state index in [0.717, 1.165) is 59.7 Å². The summed E-state index contributed by atoms with van der Waals surface area (Å²) < 4.78 is 2.30. The molecule has 1 heterocycles. The first-order chi connectivity index (χ1) is 16.1. The predicted octanol–water partition coefficient (Wildman–Crippen LogP) is 6.46. The maximum Gasteiger partial charge on any atom is 0.224 e. The van der Waals surface area contributed by atoms with Gasteiger partial charge in [0.2, 0.25) is 5.91 Å². The number of amides is 1. The van der Waals surface area contributed by atoms with Crippen molar-refractivity contribution < 1.29 is 4.79 Å². The number of nitrogens with one attached hydrogen (secondary N) is 1. The highest BCUT2D eigenvalue weighted by Crippen LogP contribution is 2.20. The van der Waals surface area contributed by atoms with Crippen molar-refractivity contribution in [1.82, 2.24) is 14.9 Å². The van der Waals surface area contributed by atoms with E-state index in [2.05, 4.69) is 40.2 Å². The third kappa shape index (κ3) is 6.59. The van der Waals surface area contributed by atoms with Gasteiger partial charge in [0.05, 0.1) is 17.5 Å². The summed E-state index contributed by atoms with van der Waals surface area (Å²) in [7, 11) is 0. The number of rotatable bonds is 10. The molecule has 0 unspecified atom stereocenters. The molecule has 6 heteroatoms. The number of carbonyl (C=O) groups excluding carboxylic acids is 1. The number of imidazole rings is 1. The van der Waals surface area contributed by atoms with Crippen molar-refractivity contribution >= 4 is 40.1 Å². The highest BCUT2D eigenvalue weighted by Gasteiger charge is 2.11. The second kappa shape index (κ2) is 11.4. The highest BCUT2D eigenvalue weighted by molar-refractivity contribution is 6.30. The summed E-state index contributed by atoms with van der Waals surface area (Å²) in [6.45, 7) is 1.46. The first kappa shape index (κ1) is 23.3. The van der Waals surface area contributed by atoms with Crippen LogP contribution in [-0.4, -0.2) is 22.0 Å². The molecule has 1 N–H and O–H groups in total. The van der Waals surface area contributed by atoms with E-state index >= 15 is 0 Å². The van der Waals surface area contributed by atoms with Gasteiger partial charge in [-0.2, -0.15) is 0 Å². The zero-order valence-corrected chi connectivity index (χ0v) is 19.9. The minimum absolute atomic E-state index is 0.0436. The predicted molar refractivity (Wildman–Crippen MR) is 136 cm³/mol. The molecule has 0 radical (unpaired) electrons. The lowest BCUT2D eigenvalue weighted by Gasteiger charge is -2.10. The van der Waals surface area contributed by atoms with Crippen LogP contribution in [0.25, 0.3) is 11.0 Å². The van der Waals surface area contributed by atoms with Crippen molar-refractivity contribution in [1.29, 1.82) is 0 Å². The molecule has 0 saturated carbocycles. The van der Waals surface area contributed by atoms with Gasteiger partial charge in [-0.05, 0) is 60.4 Å². The average molecular weight is 480 g/mol. The van der Waals surface area contributed by atoms with Crippen LogP contribution in [0.2, 0.25) is 10.0 Å². The van der Waals surface area contributed by atoms with E-state index in [-0.39, 0.29) is 5.91 Å². The summed E-state index contributed by atoms with van der Waals surface area (Å²) in [5.41, 5.74) is 4.34. The lowest BCUT2D eigenvalue weighted by atomic mass is 10.1. The van der Waals surface area contributed by atoms with E-state index in [0.29, 0.717) is 18.0 Å². The smallest absolute Gasteiger partial charge is 0.224 e. The maximum atomic E-state index is 12.1. The van der Waals surface area contributed by atoms with Crippen LogP contribution >= 0.6 is 23.2 Å². The van der Waals surface area contributed by atoms with Crippen LogP contribution in [0.1, 0.15) is 36.2 Å². The van der Waals surface area contributed by atoms with E-state index in [4.69, 9.17) is 28.2 Å². The molecule has 0 fully saturated rings. The van der Waals surface area contributed by atoms with Gasteiger partial charge >= 0.3 is 0 Å². The molecule has 1 aromatic heterocycles. The van der Waals surface area contributed by atoms with Gasteiger partial charge in [0, 0.05) is 29.6 Å². The van der Waals surface area contributed by atoms with Gasteiger partial charge in [-0.15, -0.1) is 0 Å². The van der Waals surface area contributed by atoms with Crippen LogP contribution < -0.4 is 5.32 Å². The molecule has 4 nitrogen and oxygen atoms in total. The fourth-order valence-corrected chi connectivity index (χ4v) is 4.18. The van der Waals surface area contributed by atoms with Crippen LogP contribution in [0.4, 0.5) is 0 Å². The summed E-state index contributed by atoms with van der Waals surface area (Å²) in [6, 6.07) is 23.6. The highest BCUT2D eigenvalue weighted by atomic mass is 35.5. The van der Waals surface area contributed by atoms with Gasteiger partial charge in [-0.1, -0.05) is 66.0 Å². The molecule has 1 amide bonds. The first-order valence-electron chi connectivity index (χ1n) is 11.3. The Balaban J connectivity index is 1.27. The molecule has 4 rings (SSSR count). The van der Waals surface area contributed by atoms with Crippen molar-refractivity contribution in [3.63, 3.8) is 0 Å². The van der Waals surface area contributed by atoms with Crippen LogP contribution in [0, 0.1) is 0 Å². The van der Waals surface area contributed by atoms with Crippen molar-refractivity contribution in [3.8, 4) is 0 Å². The first-order valence-corrected chi connectivity index (χ1v) is 12.0. The zero-order chi connectivity index (χ0) is 23.0. The molecule has 3 aromatic carbocycles. The lowest BCUT2D eigenvalue weighted by molar-refractivity contribution is -0.120. The van der Waals surface area contributed by atoms with Crippen molar-refractivity contribution in [3.05, 3.63) is 99.8 Å². The Morgan fingerprint density at radius 1 is 0.818 bits per heavy atom. The van der Waals surface area contributed by atoms with Crippen LogP contribution in [0.15, 0.2) is 72.8 Å². The van der Waals surface area contributed by atoms with Gasteiger partial charge in [0.25, 0.3) is 0 Å². The Morgan fingerprint density at radius 2 is 1.48 bits per heavy atom.